The van der Waals surface area contributed by atoms with Crippen molar-refractivity contribution in [3.8, 4) is 0 Å². The number of rotatable bonds is 1. The fourth-order valence-corrected chi connectivity index (χ4v) is 2.05. The topological polar surface area (TPSA) is 75.4 Å². The molecule has 1 aliphatic rings. The Labute approximate surface area is 110 Å². The molecule has 0 aliphatic carbocycles. The number of nitrogens with zero attached hydrogens (tertiary/aromatic N) is 1. The van der Waals surface area contributed by atoms with Crippen molar-refractivity contribution in [3.63, 3.8) is 0 Å². The molecular formula is C12H14ClN3O2. The predicted molar refractivity (Wildman–Crippen MR) is 69.4 cm³/mol. The molecule has 2 amide bonds. The molecule has 0 saturated carbocycles. The summed E-state index contributed by atoms with van der Waals surface area (Å²) >= 11 is 5.79. The monoisotopic (exact) mass is 267 g/mol. The van der Waals surface area contributed by atoms with Crippen molar-refractivity contribution in [1.29, 1.82) is 0 Å². The van der Waals surface area contributed by atoms with E-state index in [9.17, 15) is 9.59 Å². The zero-order chi connectivity index (χ0) is 13.1. The van der Waals surface area contributed by atoms with Gasteiger partial charge in [-0.05, 0) is 18.2 Å². The second-order valence-electron chi connectivity index (χ2n) is 4.12. The third-order valence-corrected chi connectivity index (χ3v) is 3.08. The molecule has 3 N–H and O–H groups in total. The Kier molecular flexibility index (Phi) is 3.72. The van der Waals surface area contributed by atoms with Crippen LogP contribution >= 0.6 is 11.6 Å². The molecule has 2 rings (SSSR count). The maximum atomic E-state index is 12.3. The molecule has 0 bridgehead atoms. The second kappa shape index (κ2) is 5.27. The van der Waals surface area contributed by atoms with Gasteiger partial charge in [-0.2, -0.15) is 0 Å². The van der Waals surface area contributed by atoms with Crippen molar-refractivity contribution < 1.29 is 9.59 Å². The van der Waals surface area contributed by atoms with Gasteiger partial charge >= 0.3 is 0 Å². The highest BCUT2D eigenvalue weighted by molar-refractivity contribution is 6.31. The number of carbonyl (C=O) groups excluding carboxylic acids is 2. The first-order chi connectivity index (χ1) is 8.58. The van der Waals surface area contributed by atoms with E-state index in [0.29, 0.717) is 42.3 Å². The SMILES string of the molecule is Nc1cc(Cl)ccc1C(=O)N1CCNC(=O)CC1. The van der Waals surface area contributed by atoms with E-state index in [2.05, 4.69) is 5.32 Å². The maximum absolute atomic E-state index is 12.3. The molecule has 0 spiro atoms. The molecule has 5 nitrogen and oxygen atoms in total. The van der Waals surface area contributed by atoms with Gasteiger partial charge in [-0.15, -0.1) is 0 Å². The average molecular weight is 268 g/mol. The predicted octanol–water partition coefficient (Wildman–Crippen LogP) is 0.884. The minimum atomic E-state index is -0.166. The summed E-state index contributed by atoms with van der Waals surface area (Å²) in [7, 11) is 0. The lowest BCUT2D eigenvalue weighted by Crippen LogP contribution is -2.34. The van der Waals surface area contributed by atoms with Gasteiger partial charge in [0.1, 0.15) is 0 Å². The van der Waals surface area contributed by atoms with Crippen LogP contribution in [-0.2, 0) is 4.79 Å². The number of carbonyl (C=O) groups is 2. The van der Waals surface area contributed by atoms with Crippen molar-refractivity contribution in [2.24, 2.45) is 0 Å². The quantitative estimate of drug-likeness (QED) is 0.742. The van der Waals surface area contributed by atoms with Crippen LogP contribution in [0.5, 0.6) is 0 Å². The van der Waals surface area contributed by atoms with Crippen molar-refractivity contribution in [2.45, 2.75) is 6.42 Å². The Morgan fingerprint density at radius 1 is 1.39 bits per heavy atom. The van der Waals surface area contributed by atoms with Crippen LogP contribution in [0.15, 0.2) is 18.2 Å². The highest BCUT2D eigenvalue weighted by Gasteiger charge is 2.21. The molecule has 0 unspecified atom stereocenters. The first-order valence-electron chi connectivity index (χ1n) is 5.69. The van der Waals surface area contributed by atoms with Crippen LogP contribution in [0.1, 0.15) is 16.8 Å². The van der Waals surface area contributed by atoms with E-state index >= 15 is 0 Å². The van der Waals surface area contributed by atoms with Gasteiger partial charge in [-0.3, -0.25) is 9.59 Å². The summed E-state index contributed by atoms with van der Waals surface area (Å²) in [5, 5.41) is 3.22. The molecule has 6 heteroatoms. The number of benzene rings is 1. The molecule has 1 heterocycles. The van der Waals surface area contributed by atoms with Gasteiger partial charge in [0.2, 0.25) is 5.91 Å². The Morgan fingerprint density at radius 2 is 2.17 bits per heavy atom. The number of amides is 2. The van der Waals surface area contributed by atoms with Crippen molar-refractivity contribution in [2.75, 3.05) is 25.4 Å². The smallest absolute Gasteiger partial charge is 0.256 e. The summed E-state index contributed by atoms with van der Waals surface area (Å²) in [4.78, 5) is 25.1. The van der Waals surface area contributed by atoms with Crippen molar-refractivity contribution >= 4 is 29.1 Å². The molecule has 0 atom stereocenters. The summed E-state index contributed by atoms with van der Waals surface area (Å²) < 4.78 is 0. The van der Waals surface area contributed by atoms with Gasteiger partial charge in [0.05, 0.1) is 5.56 Å². The second-order valence-corrected chi connectivity index (χ2v) is 4.56. The molecule has 1 aromatic rings. The van der Waals surface area contributed by atoms with E-state index in [1.54, 1.807) is 23.1 Å². The Balaban J connectivity index is 2.17. The Morgan fingerprint density at radius 3 is 2.89 bits per heavy atom. The lowest BCUT2D eigenvalue weighted by molar-refractivity contribution is -0.120. The minimum absolute atomic E-state index is 0.0330. The van der Waals surface area contributed by atoms with E-state index in [1.165, 1.54) is 0 Å². The molecular weight excluding hydrogens is 254 g/mol. The van der Waals surface area contributed by atoms with E-state index in [-0.39, 0.29) is 11.8 Å². The highest BCUT2D eigenvalue weighted by Crippen LogP contribution is 2.19. The average Bonchev–Trinajstić information content (AvgIpc) is 2.53. The summed E-state index contributed by atoms with van der Waals surface area (Å²) in [6.07, 6.45) is 0.319. The van der Waals surface area contributed by atoms with E-state index in [0.717, 1.165) is 0 Å². The summed E-state index contributed by atoms with van der Waals surface area (Å²) in [6.45, 7) is 1.37. The number of nitrogen functional groups attached to an aromatic ring is 1. The molecule has 1 aromatic carbocycles. The zero-order valence-electron chi connectivity index (χ0n) is 9.78. The summed E-state index contributed by atoms with van der Waals surface area (Å²) in [6, 6.07) is 4.79. The van der Waals surface area contributed by atoms with Crippen LogP contribution in [-0.4, -0.2) is 36.3 Å². The van der Waals surface area contributed by atoms with E-state index in [4.69, 9.17) is 17.3 Å². The van der Waals surface area contributed by atoms with Crippen molar-refractivity contribution in [3.05, 3.63) is 28.8 Å². The van der Waals surface area contributed by atoms with Gasteiger partial charge in [-0.1, -0.05) is 11.6 Å². The van der Waals surface area contributed by atoms with Gasteiger partial charge in [0, 0.05) is 36.8 Å². The Hall–Kier alpha value is -1.75. The van der Waals surface area contributed by atoms with Gasteiger partial charge in [0.25, 0.3) is 5.91 Å². The fraction of sp³-hybridized carbons (Fsp3) is 0.333. The van der Waals surface area contributed by atoms with Crippen LogP contribution < -0.4 is 11.1 Å². The lowest BCUT2D eigenvalue weighted by Gasteiger charge is -2.20. The normalized spacial score (nSPS) is 16.1. The summed E-state index contributed by atoms with van der Waals surface area (Å²) in [5.74, 6) is -0.199. The standard InChI is InChI=1S/C12H14ClN3O2/c13-8-1-2-9(10(14)7-8)12(18)16-5-3-11(17)15-4-6-16/h1-2,7H,3-6,14H2,(H,15,17). The van der Waals surface area contributed by atoms with Crippen LogP contribution in [0.3, 0.4) is 0 Å². The fourth-order valence-electron chi connectivity index (χ4n) is 1.87. The molecule has 1 fully saturated rings. The number of hydrogen-bond acceptors (Lipinski definition) is 3. The molecule has 0 aromatic heterocycles. The maximum Gasteiger partial charge on any atom is 0.256 e. The first-order valence-corrected chi connectivity index (χ1v) is 6.07. The molecule has 1 saturated heterocycles. The van der Waals surface area contributed by atoms with Crippen LogP contribution in [0.4, 0.5) is 5.69 Å². The molecule has 1 aliphatic heterocycles. The number of nitrogens with two attached hydrogens (primary N) is 1. The van der Waals surface area contributed by atoms with E-state index < -0.39 is 0 Å². The third kappa shape index (κ3) is 2.73. The summed E-state index contributed by atoms with van der Waals surface area (Å²) in [5.41, 5.74) is 6.56. The minimum Gasteiger partial charge on any atom is -0.398 e. The van der Waals surface area contributed by atoms with Crippen LogP contribution in [0.2, 0.25) is 5.02 Å². The number of anilines is 1. The molecule has 96 valence electrons. The van der Waals surface area contributed by atoms with Gasteiger partial charge in [0.15, 0.2) is 0 Å². The Bertz CT molecular complexity index is 490. The number of halogens is 1. The van der Waals surface area contributed by atoms with Gasteiger partial charge in [-0.25, -0.2) is 0 Å². The molecule has 0 radical (unpaired) electrons. The largest absolute Gasteiger partial charge is 0.398 e. The molecule has 18 heavy (non-hydrogen) atoms. The number of hydrogen-bond donors (Lipinski definition) is 2. The first kappa shape index (κ1) is 12.7. The van der Waals surface area contributed by atoms with Crippen LogP contribution in [0, 0.1) is 0 Å². The van der Waals surface area contributed by atoms with Crippen molar-refractivity contribution in [1.82, 2.24) is 10.2 Å². The van der Waals surface area contributed by atoms with Crippen LogP contribution in [0.25, 0.3) is 0 Å². The lowest BCUT2D eigenvalue weighted by atomic mass is 10.1. The highest BCUT2D eigenvalue weighted by atomic mass is 35.5. The van der Waals surface area contributed by atoms with Gasteiger partial charge < -0.3 is 16.0 Å². The third-order valence-electron chi connectivity index (χ3n) is 2.84. The number of nitrogens with one attached hydrogen (secondary N) is 1. The zero-order valence-corrected chi connectivity index (χ0v) is 10.5. The van der Waals surface area contributed by atoms with E-state index in [1.807, 2.05) is 0 Å².